The lowest BCUT2D eigenvalue weighted by Crippen LogP contribution is -2.00. The first-order chi connectivity index (χ1) is 8.95. The topological polar surface area (TPSA) is 87.0 Å². The van der Waals surface area contributed by atoms with Crippen LogP contribution in [-0.2, 0) is 20.4 Å². The number of hydrogen-bond donors (Lipinski definition) is 0. The first-order valence-electron chi connectivity index (χ1n) is 4.92. The molecule has 10 heteroatoms. The summed E-state index contributed by atoms with van der Waals surface area (Å²) >= 11 is 6.00. The molecule has 2 rings (SSSR count). The largest absolute Gasteiger partial charge is 0.378 e. The third-order valence-corrected chi connectivity index (χ3v) is 3.99. The second kappa shape index (κ2) is 5.41. The molecule has 0 radical (unpaired) electrons. The number of aromatic nitrogens is 4. The summed E-state index contributed by atoms with van der Waals surface area (Å²) in [5.74, 6) is 0.274. The van der Waals surface area contributed by atoms with Crippen molar-refractivity contribution in [2.24, 2.45) is 0 Å². The summed E-state index contributed by atoms with van der Waals surface area (Å²) in [4.78, 5) is 7.55. The third kappa shape index (κ3) is 2.86. The minimum atomic E-state index is -4.04. The Kier molecular flexibility index (Phi) is 4.04. The van der Waals surface area contributed by atoms with Crippen molar-refractivity contribution in [1.82, 2.24) is 19.7 Å². The highest BCUT2D eigenvalue weighted by Gasteiger charge is 2.27. The molecule has 0 saturated heterocycles. The van der Waals surface area contributed by atoms with Crippen LogP contribution in [0.15, 0.2) is 23.5 Å². The molecule has 0 fully saturated rings. The molecule has 2 aromatic heterocycles. The molecule has 0 saturated carbocycles. The van der Waals surface area contributed by atoms with Crippen LogP contribution in [0, 0.1) is 0 Å². The average molecular weight is 323 g/mol. The van der Waals surface area contributed by atoms with Gasteiger partial charge < -0.3 is 4.74 Å². The molecular formula is C9H8Cl2N4O3S. The van der Waals surface area contributed by atoms with E-state index in [0.29, 0.717) is 0 Å². The van der Waals surface area contributed by atoms with Gasteiger partial charge in [-0.2, -0.15) is 5.10 Å². The molecule has 2 heterocycles. The summed E-state index contributed by atoms with van der Waals surface area (Å²) < 4.78 is 29.1. The molecule has 0 atom stereocenters. The maximum Gasteiger partial charge on any atom is 0.266 e. The Balaban J connectivity index is 2.66. The highest BCUT2D eigenvalue weighted by atomic mass is 35.7. The first-order valence-corrected chi connectivity index (χ1v) is 7.61. The number of halogens is 2. The van der Waals surface area contributed by atoms with Crippen LogP contribution in [-0.4, -0.2) is 35.3 Å². The molecule has 19 heavy (non-hydrogen) atoms. The Morgan fingerprint density at radius 1 is 1.42 bits per heavy atom. The van der Waals surface area contributed by atoms with Crippen LogP contribution in [0.4, 0.5) is 0 Å². The quantitative estimate of drug-likeness (QED) is 0.790. The Hall–Kier alpha value is -1.22. The summed E-state index contributed by atoms with van der Waals surface area (Å²) in [6.45, 7) is -0.0474. The normalized spacial score (nSPS) is 11.7. The van der Waals surface area contributed by atoms with Gasteiger partial charge in [0.2, 0.25) is 0 Å². The number of rotatable bonds is 4. The summed E-state index contributed by atoms with van der Waals surface area (Å²) in [6.07, 6.45) is 4.29. The first kappa shape index (κ1) is 14.2. The molecule has 0 aliphatic rings. The van der Waals surface area contributed by atoms with Crippen molar-refractivity contribution >= 4 is 31.3 Å². The van der Waals surface area contributed by atoms with Crippen molar-refractivity contribution in [1.29, 1.82) is 0 Å². The van der Waals surface area contributed by atoms with Gasteiger partial charge >= 0.3 is 0 Å². The van der Waals surface area contributed by atoms with Crippen molar-refractivity contribution in [2.45, 2.75) is 11.5 Å². The number of ether oxygens (including phenoxy) is 1. The minimum absolute atomic E-state index is 0.0474. The van der Waals surface area contributed by atoms with E-state index in [9.17, 15) is 8.42 Å². The molecule has 7 nitrogen and oxygen atoms in total. The van der Waals surface area contributed by atoms with Gasteiger partial charge in [-0.25, -0.2) is 18.1 Å². The fourth-order valence-corrected chi connectivity index (χ4v) is 3.26. The predicted molar refractivity (Wildman–Crippen MR) is 67.9 cm³/mol. The zero-order valence-electron chi connectivity index (χ0n) is 9.62. The van der Waals surface area contributed by atoms with E-state index < -0.39 is 9.05 Å². The predicted octanol–water partition coefficient (Wildman–Crippen LogP) is 1.39. The van der Waals surface area contributed by atoms with E-state index in [-0.39, 0.29) is 28.2 Å². The van der Waals surface area contributed by atoms with Crippen LogP contribution in [0.1, 0.15) is 5.69 Å². The molecule has 0 unspecified atom stereocenters. The highest BCUT2D eigenvalue weighted by molar-refractivity contribution is 8.13. The van der Waals surface area contributed by atoms with E-state index in [0.717, 1.165) is 4.68 Å². The standard InChI is InChI=1S/C9H8Cl2N4O3S/c1-18-5-6-8(19(11,16)17)9(10)15(14-6)7-4-12-2-3-13-7/h2-4H,5H2,1H3. The van der Waals surface area contributed by atoms with Gasteiger partial charge in [0.05, 0.1) is 12.8 Å². The number of hydrogen-bond acceptors (Lipinski definition) is 6. The van der Waals surface area contributed by atoms with Gasteiger partial charge in [-0.3, -0.25) is 4.98 Å². The highest BCUT2D eigenvalue weighted by Crippen LogP contribution is 2.30. The Morgan fingerprint density at radius 2 is 2.16 bits per heavy atom. The number of nitrogens with zero attached hydrogens (tertiary/aromatic N) is 4. The Labute approximate surface area is 118 Å². The van der Waals surface area contributed by atoms with Gasteiger partial charge in [-0.15, -0.1) is 0 Å². The van der Waals surface area contributed by atoms with Crippen molar-refractivity contribution in [3.63, 3.8) is 0 Å². The molecule has 2 aromatic rings. The minimum Gasteiger partial charge on any atom is -0.378 e. The summed E-state index contributed by atoms with van der Waals surface area (Å²) in [5.41, 5.74) is 0.105. The van der Waals surface area contributed by atoms with Crippen LogP contribution >= 0.6 is 22.3 Å². The Morgan fingerprint density at radius 3 is 2.68 bits per heavy atom. The summed E-state index contributed by atoms with van der Waals surface area (Å²) in [5, 5.41) is 3.87. The van der Waals surface area contributed by atoms with Crippen LogP contribution in [0.25, 0.3) is 5.82 Å². The van der Waals surface area contributed by atoms with Crippen LogP contribution in [0.5, 0.6) is 0 Å². The van der Waals surface area contributed by atoms with Gasteiger partial charge in [0.25, 0.3) is 9.05 Å². The van der Waals surface area contributed by atoms with Crippen LogP contribution in [0.3, 0.4) is 0 Å². The Bertz CT molecular complexity index is 687. The van der Waals surface area contributed by atoms with E-state index in [1.165, 1.54) is 25.7 Å². The molecule has 102 valence electrons. The SMILES string of the molecule is COCc1nn(-c2cnccn2)c(Cl)c1S(=O)(=O)Cl. The summed E-state index contributed by atoms with van der Waals surface area (Å²) in [6, 6.07) is 0. The van der Waals surface area contributed by atoms with Gasteiger partial charge in [0, 0.05) is 30.2 Å². The lowest BCUT2D eigenvalue weighted by atomic mass is 10.5. The van der Waals surface area contributed by atoms with E-state index in [4.69, 9.17) is 27.0 Å². The smallest absolute Gasteiger partial charge is 0.266 e. The van der Waals surface area contributed by atoms with E-state index in [2.05, 4.69) is 15.1 Å². The van der Waals surface area contributed by atoms with Crippen LogP contribution < -0.4 is 0 Å². The fraction of sp³-hybridized carbons (Fsp3) is 0.222. The molecule has 0 aliphatic heterocycles. The van der Waals surface area contributed by atoms with Gasteiger partial charge in [0.15, 0.2) is 11.0 Å². The van der Waals surface area contributed by atoms with Crippen molar-refractivity contribution in [3.05, 3.63) is 29.4 Å². The third-order valence-electron chi connectivity index (χ3n) is 2.15. The second-order valence-electron chi connectivity index (χ2n) is 3.41. The molecule has 0 aliphatic carbocycles. The molecule has 0 aromatic carbocycles. The molecular weight excluding hydrogens is 315 g/mol. The molecule has 0 amide bonds. The van der Waals surface area contributed by atoms with Crippen molar-refractivity contribution < 1.29 is 13.2 Å². The average Bonchev–Trinajstić information content (AvgIpc) is 2.67. The number of methoxy groups -OCH3 is 1. The zero-order valence-corrected chi connectivity index (χ0v) is 11.9. The lowest BCUT2D eigenvalue weighted by molar-refractivity contribution is 0.179. The molecule has 0 bridgehead atoms. The zero-order chi connectivity index (χ0) is 14.0. The van der Waals surface area contributed by atoms with E-state index in [1.54, 1.807) is 0 Å². The van der Waals surface area contributed by atoms with Crippen molar-refractivity contribution in [3.8, 4) is 5.82 Å². The van der Waals surface area contributed by atoms with Crippen molar-refractivity contribution in [2.75, 3.05) is 7.11 Å². The lowest BCUT2D eigenvalue weighted by Gasteiger charge is -1.99. The van der Waals surface area contributed by atoms with Gasteiger partial charge in [-0.05, 0) is 0 Å². The van der Waals surface area contributed by atoms with Crippen LogP contribution in [0.2, 0.25) is 5.15 Å². The molecule has 0 spiro atoms. The van der Waals surface area contributed by atoms with E-state index >= 15 is 0 Å². The molecule has 0 N–H and O–H groups in total. The van der Waals surface area contributed by atoms with Gasteiger partial charge in [0.1, 0.15) is 10.6 Å². The maximum atomic E-state index is 11.5. The summed E-state index contributed by atoms with van der Waals surface area (Å²) in [7, 11) is 2.71. The monoisotopic (exact) mass is 322 g/mol. The second-order valence-corrected chi connectivity index (χ2v) is 6.27. The fourth-order valence-electron chi connectivity index (χ4n) is 1.45. The maximum absolute atomic E-state index is 11.5. The van der Waals surface area contributed by atoms with Gasteiger partial charge in [-0.1, -0.05) is 11.6 Å². The van der Waals surface area contributed by atoms with E-state index in [1.807, 2.05) is 0 Å².